The molecule has 1 saturated heterocycles. The summed E-state index contributed by atoms with van der Waals surface area (Å²) < 4.78 is 5.04. The van der Waals surface area contributed by atoms with E-state index in [4.69, 9.17) is 15.6 Å². The standard InChI is InChI=1S/C13H18O.C6H11NO2/c1-2-3-4-5-7-12-8-6-9-13(10-12)11-14;7-6(8)5-2-1-3-9-4-5/h2,6,8-10,14H,1,3-5,7,11H2;5H,1-4H2,(H2,7,8). The van der Waals surface area contributed by atoms with Crippen molar-refractivity contribution in [2.24, 2.45) is 11.7 Å². The van der Waals surface area contributed by atoms with Crippen molar-refractivity contribution in [1.82, 2.24) is 0 Å². The summed E-state index contributed by atoms with van der Waals surface area (Å²) in [4.78, 5) is 10.5. The van der Waals surface area contributed by atoms with Crippen LogP contribution in [0.5, 0.6) is 0 Å². The topological polar surface area (TPSA) is 72.5 Å². The molecule has 0 saturated carbocycles. The van der Waals surface area contributed by atoms with Crippen LogP contribution in [0.3, 0.4) is 0 Å². The maximum Gasteiger partial charge on any atom is 0.222 e. The largest absolute Gasteiger partial charge is 0.392 e. The smallest absolute Gasteiger partial charge is 0.222 e. The maximum atomic E-state index is 10.5. The van der Waals surface area contributed by atoms with Crippen LogP contribution >= 0.6 is 0 Å². The van der Waals surface area contributed by atoms with Gasteiger partial charge in [-0.15, -0.1) is 6.58 Å². The number of unbranched alkanes of at least 4 members (excludes halogenated alkanes) is 2. The number of aliphatic hydroxyl groups excluding tert-OH is 1. The molecule has 0 radical (unpaired) electrons. The van der Waals surface area contributed by atoms with Crippen LogP contribution < -0.4 is 5.73 Å². The van der Waals surface area contributed by atoms with Crippen molar-refractivity contribution < 1.29 is 14.6 Å². The van der Waals surface area contributed by atoms with E-state index >= 15 is 0 Å². The predicted molar refractivity (Wildman–Crippen MR) is 92.9 cm³/mol. The number of carbonyl (C=O) groups is 1. The van der Waals surface area contributed by atoms with Gasteiger partial charge in [-0.1, -0.05) is 30.3 Å². The van der Waals surface area contributed by atoms with Crippen LogP contribution in [0.4, 0.5) is 0 Å². The Bertz CT molecular complexity index is 467. The fourth-order valence-corrected chi connectivity index (χ4v) is 2.47. The zero-order valence-corrected chi connectivity index (χ0v) is 13.9. The van der Waals surface area contributed by atoms with E-state index in [9.17, 15) is 4.79 Å². The summed E-state index contributed by atoms with van der Waals surface area (Å²) in [6.45, 7) is 5.14. The lowest BCUT2D eigenvalue weighted by Crippen LogP contribution is -2.30. The summed E-state index contributed by atoms with van der Waals surface area (Å²) in [6, 6.07) is 8.16. The molecule has 1 aromatic carbocycles. The number of hydrogen-bond donors (Lipinski definition) is 2. The van der Waals surface area contributed by atoms with Gasteiger partial charge >= 0.3 is 0 Å². The van der Waals surface area contributed by atoms with Crippen LogP contribution in [0.25, 0.3) is 0 Å². The van der Waals surface area contributed by atoms with Gasteiger partial charge < -0.3 is 15.6 Å². The third kappa shape index (κ3) is 8.53. The van der Waals surface area contributed by atoms with E-state index in [2.05, 4.69) is 18.7 Å². The van der Waals surface area contributed by atoms with Gasteiger partial charge in [0.25, 0.3) is 0 Å². The maximum absolute atomic E-state index is 10.5. The van der Waals surface area contributed by atoms with Gasteiger partial charge in [0.15, 0.2) is 0 Å². The lowest BCUT2D eigenvalue weighted by atomic mass is 10.0. The first-order valence-electron chi connectivity index (χ1n) is 8.34. The lowest BCUT2D eigenvalue weighted by Gasteiger charge is -2.18. The van der Waals surface area contributed by atoms with Crippen molar-refractivity contribution in [3.63, 3.8) is 0 Å². The Balaban J connectivity index is 0.000000253. The predicted octanol–water partition coefficient (Wildman–Crippen LogP) is 2.98. The number of aryl methyl sites for hydroxylation is 1. The zero-order chi connectivity index (χ0) is 16.9. The Hall–Kier alpha value is -1.65. The van der Waals surface area contributed by atoms with Gasteiger partial charge in [-0.05, 0) is 49.7 Å². The van der Waals surface area contributed by atoms with Gasteiger partial charge in [0.1, 0.15) is 0 Å². The van der Waals surface area contributed by atoms with E-state index < -0.39 is 0 Å². The lowest BCUT2D eigenvalue weighted by molar-refractivity contribution is -0.125. The van der Waals surface area contributed by atoms with Crippen molar-refractivity contribution in [3.05, 3.63) is 48.0 Å². The van der Waals surface area contributed by atoms with Crippen LogP contribution in [-0.2, 0) is 22.6 Å². The number of hydrogen-bond acceptors (Lipinski definition) is 3. The van der Waals surface area contributed by atoms with Crippen LogP contribution in [0.15, 0.2) is 36.9 Å². The highest BCUT2D eigenvalue weighted by atomic mass is 16.5. The van der Waals surface area contributed by atoms with Crippen molar-refractivity contribution in [2.75, 3.05) is 13.2 Å². The number of nitrogens with two attached hydrogens (primary N) is 1. The first-order valence-corrected chi connectivity index (χ1v) is 8.34. The second-order valence-electron chi connectivity index (χ2n) is 5.83. The van der Waals surface area contributed by atoms with Crippen molar-refractivity contribution in [1.29, 1.82) is 0 Å². The summed E-state index contributed by atoms with van der Waals surface area (Å²) in [5.41, 5.74) is 7.37. The van der Waals surface area contributed by atoms with Gasteiger partial charge in [-0.2, -0.15) is 0 Å². The molecule has 0 aromatic heterocycles. The SMILES string of the molecule is C=CCCCCc1cccc(CO)c1.NC(=O)C1CCCOC1. The van der Waals surface area contributed by atoms with E-state index in [0.717, 1.165) is 37.9 Å². The quantitative estimate of drug-likeness (QED) is 0.599. The van der Waals surface area contributed by atoms with Crippen molar-refractivity contribution in [3.8, 4) is 0 Å². The fraction of sp³-hybridized carbons (Fsp3) is 0.526. The van der Waals surface area contributed by atoms with Crippen molar-refractivity contribution >= 4 is 5.91 Å². The van der Waals surface area contributed by atoms with Gasteiger partial charge in [-0.25, -0.2) is 0 Å². The van der Waals surface area contributed by atoms with E-state index in [1.807, 2.05) is 18.2 Å². The van der Waals surface area contributed by atoms with E-state index in [-0.39, 0.29) is 18.4 Å². The first kappa shape index (κ1) is 19.4. The number of primary amides is 1. The normalized spacial score (nSPS) is 17.0. The second-order valence-corrected chi connectivity index (χ2v) is 5.83. The number of amides is 1. The minimum atomic E-state index is -0.227. The molecule has 1 fully saturated rings. The highest BCUT2D eigenvalue weighted by molar-refractivity contribution is 5.76. The third-order valence-corrected chi connectivity index (χ3v) is 3.86. The Morgan fingerprint density at radius 3 is 2.74 bits per heavy atom. The van der Waals surface area contributed by atoms with E-state index in [1.165, 1.54) is 18.4 Å². The van der Waals surface area contributed by atoms with Crippen LogP contribution in [0, 0.1) is 5.92 Å². The van der Waals surface area contributed by atoms with Crippen molar-refractivity contribution in [2.45, 2.75) is 45.1 Å². The first-order chi connectivity index (χ1) is 11.2. The Morgan fingerprint density at radius 2 is 2.17 bits per heavy atom. The number of benzene rings is 1. The van der Waals surface area contributed by atoms with Gasteiger partial charge in [-0.3, -0.25) is 4.79 Å². The molecule has 1 heterocycles. The molecule has 1 aliphatic heterocycles. The fourth-order valence-electron chi connectivity index (χ4n) is 2.47. The molecule has 0 aliphatic carbocycles. The molecule has 1 amide bonds. The number of ether oxygens (including phenoxy) is 1. The molecule has 128 valence electrons. The highest BCUT2D eigenvalue weighted by Gasteiger charge is 2.18. The second kappa shape index (κ2) is 11.9. The minimum Gasteiger partial charge on any atom is -0.392 e. The summed E-state index contributed by atoms with van der Waals surface area (Å²) in [6.07, 6.45) is 8.42. The number of carbonyl (C=O) groups excluding carboxylic acids is 1. The van der Waals surface area contributed by atoms with Gasteiger partial charge in [0.2, 0.25) is 5.91 Å². The molecule has 2 rings (SSSR count). The number of rotatable bonds is 7. The number of aliphatic hydroxyl groups is 1. The van der Waals surface area contributed by atoms with Crippen LogP contribution in [-0.4, -0.2) is 24.2 Å². The summed E-state index contributed by atoms with van der Waals surface area (Å²) >= 11 is 0. The van der Waals surface area contributed by atoms with E-state index in [0.29, 0.717) is 6.61 Å². The molecule has 1 aromatic rings. The third-order valence-electron chi connectivity index (χ3n) is 3.86. The molecular formula is C19H29NO3. The van der Waals surface area contributed by atoms with E-state index in [1.54, 1.807) is 0 Å². The molecule has 0 bridgehead atoms. The van der Waals surface area contributed by atoms with Gasteiger partial charge in [0.05, 0.1) is 19.1 Å². The van der Waals surface area contributed by atoms with Crippen LogP contribution in [0.1, 0.15) is 43.2 Å². The molecular weight excluding hydrogens is 290 g/mol. The molecule has 1 unspecified atom stereocenters. The zero-order valence-electron chi connectivity index (χ0n) is 13.9. The average molecular weight is 319 g/mol. The molecule has 23 heavy (non-hydrogen) atoms. The average Bonchev–Trinajstić information content (AvgIpc) is 2.60. The summed E-state index contributed by atoms with van der Waals surface area (Å²) in [7, 11) is 0. The summed E-state index contributed by atoms with van der Waals surface area (Å²) in [5.74, 6) is -0.256. The Morgan fingerprint density at radius 1 is 1.39 bits per heavy atom. The summed E-state index contributed by atoms with van der Waals surface area (Å²) in [5, 5.41) is 8.96. The molecule has 1 aliphatic rings. The monoisotopic (exact) mass is 319 g/mol. The molecule has 3 N–H and O–H groups in total. The Labute approximate surface area is 139 Å². The number of allylic oxidation sites excluding steroid dienone is 1. The van der Waals surface area contributed by atoms with Gasteiger partial charge in [0, 0.05) is 6.61 Å². The minimum absolute atomic E-state index is 0.0289. The Kier molecular flexibility index (Phi) is 10.00. The van der Waals surface area contributed by atoms with Crippen LogP contribution in [0.2, 0.25) is 0 Å². The molecule has 1 atom stereocenters. The molecule has 4 nitrogen and oxygen atoms in total. The molecule has 0 spiro atoms. The molecule has 4 heteroatoms. The highest BCUT2D eigenvalue weighted by Crippen LogP contribution is 2.12.